The molecule has 3 N–H and O–H groups in total. The van der Waals surface area contributed by atoms with Gasteiger partial charge in [-0.2, -0.15) is 8.78 Å². The van der Waals surface area contributed by atoms with E-state index in [4.69, 9.17) is 0 Å². The van der Waals surface area contributed by atoms with Gasteiger partial charge in [0.15, 0.2) is 0 Å². The molecule has 0 aromatic heterocycles. The van der Waals surface area contributed by atoms with E-state index in [9.17, 15) is 18.4 Å². The van der Waals surface area contributed by atoms with Crippen LogP contribution in [0.25, 0.3) is 0 Å². The van der Waals surface area contributed by atoms with Crippen LogP contribution >= 0.6 is 11.8 Å². The number of nitrogens with one attached hydrogen (secondary N) is 3. The summed E-state index contributed by atoms with van der Waals surface area (Å²) in [6.07, 6.45) is 1.85. The molecule has 1 aliphatic carbocycles. The van der Waals surface area contributed by atoms with E-state index in [-0.39, 0.29) is 24.3 Å². The lowest BCUT2D eigenvalue weighted by molar-refractivity contribution is -0.117. The molecule has 0 bridgehead atoms. The zero-order chi connectivity index (χ0) is 20.1. The number of hydrogen-bond donors (Lipinski definition) is 3. The van der Waals surface area contributed by atoms with E-state index in [1.54, 1.807) is 24.3 Å². The average molecular weight is 405 g/mol. The smallest absolute Gasteiger partial charge is 0.288 e. The Balaban J connectivity index is 1.59. The number of amides is 2. The maximum atomic E-state index is 12.6. The lowest BCUT2D eigenvalue weighted by atomic mass is 10.1. The van der Waals surface area contributed by atoms with Crippen LogP contribution in [0, 0.1) is 12.8 Å². The van der Waals surface area contributed by atoms with Gasteiger partial charge in [-0.3, -0.25) is 9.59 Å². The van der Waals surface area contributed by atoms with Crippen molar-refractivity contribution in [3.63, 3.8) is 0 Å². The highest BCUT2D eigenvalue weighted by Crippen LogP contribution is 2.32. The number of carbonyl (C=O) groups is 2. The Labute approximate surface area is 166 Å². The zero-order valence-electron chi connectivity index (χ0n) is 15.3. The van der Waals surface area contributed by atoms with E-state index < -0.39 is 5.76 Å². The summed E-state index contributed by atoms with van der Waals surface area (Å²) in [6.45, 7) is 1.86. The van der Waals surface area contributed by atoms with Crippen LogP contribution in [0.5, 0.6) is 0 Å². The predicted molar refractivity (Wildman–Crippen MR) is 108 cm³/mol. The number of thioether (sulfide) groups is 1. The third kappa shape index (κ3) is 5.69. The summed E-state index contributed by atoms with van der Waals surface area (Å²) in [6, 6.07) is 11.9. The lowest BCUT2D eigenvalue weighted by Gasteiger charge is -2.14. The van der Waals surface area contributed by atoms with Gasteiger partial charge in [0.05, 0.1) is 12.2 Å². The van der Waals surface area contributed by atoms with Crippen molar-refractivity contribution in [2.75, 3.05) is 22.5 Å². The molecule has 148 valence electrons. The van der Waals surface area contributed by atoms with E-state index in [2.05, 4.69) is 16.0 Å². The molecule has 0 atom stereocenters. The Kier molecular flexibility index (Phi) is 6.51. The van der Waals surface area contributed by atoms with Gasteiger partial charge < -0.3 is 16.0 Å². The number of rotatable bonds is 8. The van der Waals surface area contributed by atoms with Crippen molar-refractivity contribution in [2.45, 2.75) is 30.4 Å². The number of carbonyl (C=O) groups excluding carboxylic acids is 2. The van der Waals surface area contributed by atoms with Gasteiger partial charge in [-0.05, 0) is 49.6 Å². The maximum absolute atomic E-state index is 12.6. The Morgan fingerprint density at radius 1 is 1.11 bits per heavy atom. The zero-order valence-corrected chi connectivity index (χ0v) is 16.1. The van der Waals surface area contributed by atoms with Crippen LogP contribution < -0.4 is 16.0 Å². The Bertz CT molecular complexity index is 872. The number of benzene rings is 2. The van der Waals surface area contributed by atoms with E-state index >= 15 is 0 Å². The summed E-state index contributed by atoms with van der Waals surface area (Å²) in [5, 5.41) is 8.56. The van der Waals surface area contributed by atoms with Crippen LogP contribution in [0.1, 0.15) is 18.4 Å². The highest BCUT2D eigenvalue weighted by molar-refractivity contribution is 7.99. The largest absolute Gasteiger partial charge is 0.376 e. The highest BCUT2D eigenvalue weighted by atomic mass is 32.2. The topological polar surface area (TPSA) is 70.2 Å². The molecule has 28 heavy (non-hydrogen) atoms. The summed E-state index contributed by atoms with van der Waals surface area (Å²) >= 11 is 0.390. The molecule has 5 nitrogen and oxygen atoms in total. The van der Waals surface area contributed by atoms with Gasteiger partial charge in [0, 0.05) is 22.2 Å². The average Bonchev–Trinajstić information content (AvgIpc) is 3.48. The van der Waals surface area contributed by atoms with E-state index in [0.29, 0.717) is 28.0 Å². The molecule has 3 rings (SSSR count). The first-order chi connectivity index (χ1) is 13.4. The van der Waals surface area contributed by atoms with Crippen molar-refractivity contribution >= 4 is 40.6 Å². The van der Waals surface area contributed by atoms with Gasteiger partial charge >= 0.3 is 0 Å². The minimum atomic E-state index is -2.56. The van der Waals surface area contributed by atoms with Gasteiger partial charge in [-0.15, -0.1) is 0 Å². The van der Waals surface area contributed by atoms with Crippen molar-refractivity contribution < 1.29 is 18.4 Å². The highest BCUT2D eigenvalue weighted by Gasteiger charge is 2.29. The molecule has 0 spiro atoms. The second-order valence-corrected chi connectivity index (χ2v) is 7.60. The molecule has 0 radical (unpaired) electrons. The molecule has 1 fully saturated rings. The Morgan fingerprint density at radius 2 is 1.86 bits per heavy atom. The van der Waals surface area contributed by atoms with E-state index in [0.717, 1.165) is 24.1 Å². The fourth-order valence-electron chi connectivity index (χ4n) is 2.62. The third-order valence-electron chi connectivity index (χ3n) is 4.27. The molecule has 0 saturated heterocycles. The van der Waals surface area contributed by atoms with Crippen LogP contribution in [0.15, 0.2) is 47.4 Å². The summed E-state index contributed by atoms with van der Waals surface area (Å²) in [5.41, 5.74) is 2.66. The van der Waals surface area contributed by atoms with Crippen LogP contribution in [0.2, 0.25) is 0 Å². The van der Waals surface area contributed by atoms with Crippen molar-refractivity contribution in [3.8, 4) is 0 Å². The monoisotopic (exact) mass is 405 g/mol. The molecule has 2 aromatic carbocycles. The van der Waals surface area contributed by atoms with E-state index in [1.807, 2.05) is 19.1 Å². The molecule has 8 heteroatoms. The minimum absolute atomic E-state index is 0.0145. The summed E-state index contributed by atoms with van der Waals surface area (Å²) in [7, 11) is 0. The quantitative estimate of drug-likeness (QED) is 0.557. The molecule has 2 amide bonds. The van der Waals surface area contributed by atoms with Gasteiger partial charge in [0.25, 0.3) is 5.76 Å². The maximum Gasteiger partial charge on any atom is 0.288 e. The van der Waals surface area contributed by atoms with Crippen LogP contribution in [-0.4, -0.2) is 24.1 Å². The molecule has 0 unspecified atom stereocenters. The number of alkyl halides is 2. The molecular formula is C20H21F2N3O2S. The molecule has 2 aromatic rings. The van der Waals surface area contributed by atoms with Crippen LogP contribution in [0.4, 0.5) is 25.8 Å². The second kappa shape index (κ2) is 9.05. The first kappa shape index (κ1) is 20.1. The van der Waals surface area contributed by atoms with Gasteiger partial charge in [-0.25, -0.2) is 0 Å². The lowest BCUT2D eigenvalue weighted by Crippen LogP contribution is -2.22. The van der Waals surface area contributed by atoms with Gasteiger partial charge in [0.2, 0.25) is 11.8 Å². The Morgan fingerprint density at radius 3 is 2.57 bits per heavy atom. The van der Waals surface area contributed by atoms with Crippen LogP contribution in [0.3, 0.4) is 0 Å². The molecule has 1 aliphatic rings. The van der Waals surface area contributed by atoms with Gasteiger partial charge in [-0.1, -0.05) is 30.0 Å². The first-order valence-corrected chi connectivity index (χ1v) is 9.79. The molecular weight excluding hydrogens is 384 g/mol. The Hall–Kier alpha value is -2.61. The van der Waals surface area contributed by atoms with E-state index in [1.165, 1.54) is 6.07 Å². The van der Waals surface area contributed by atoms with Crippen molar-refractivity contribution in [1.29, 1.82) is 0 Å². The number of aryl methyl sites for hydroxylation is 1. The summed E-state index contributed by atoms with van der Waals surface area (Å²) in [4.78, 5) is 24.5. The van der Waals surface area contributed by atoms with Crippen molar-refractivity contribution in [1.82, 2.24) is 0 Å². The fourth-order valence-corrected chi connectivity index (χ4v) is 3.21. The number of hydrogen-bond acceptors (Lipinski definition) is 4. The molecule has 0 heterocycles. The standard InChI is InChI=1S/C20H21F2N3O2S/c1-12-6-9-14(24-19(27)13-7-8-13)10-16(12)23-11-18(26)25-15-4-2-3-5-17(15)28-20(21)22/h2-6,9-10,13,20,23H,7-8,11H2,1H3,(H,24,27)(H,25,26). The third-order valence-corrected chi connectivity index (χ3v) is 5.06. The van der Waals surface area contributed by atoms with Gasteiger partial charge in [0.1, 0.15) is 0 Å². The normalized spacial score (nSPS) is 13.3. The van der Waals surface area contributed by atoms with Crippen molar-refractivity contribution in [2.24, 2.45) is 5.92 Å². The first-order valence-electron chi connectivity index (χ1n) is 8.91. The second-order valence-electron chi connectivity index (χ2n) is 6.57. The SMILES string of the molecule is Cc1ccc(NC(=O)C2CC2)cc1NCC(=O)Nc1ccccc1SC(F)F. The number of anilines is 3. The number of halogens is 2. The summed E-state index contributed by atoms with van der Waals surface area (Å²) in [5.74, 6) is -2.79. The molecule has 1 saturated carbocycles. The minimum Gasteiger partial charge on any atom is -0.376 e. The van der Waals surface area contributed by atoms with Crippen LogP contribution in [-0.2, 0) is 9.59 Å². The fraction of sp³-hybridized carbons (Fsp3) is 0.300. The molecule has 0 aliphatic heterocycles. The number of para-hydroxylation sites is 1. The summed E-state index contributed by atoms with van der Waals surface area (Å²) < 4.78 is 25.3. The predicted octanol–water partition coefficient (Wildman–Crippen LogP) is 4.71. The van der Waals surface area contributed by atoms with Crippen molar-refractivity contribution in [3.05, 3.63) is 48.0 Å².